The smallest absolute Gasteiger partial charge is 0.213 e. The van der Waals surface area contributed by atoms with Crippen molar-refractivity contribution in [3.05, 3.63) is 77.7 Å². The van der Waals surface area contributed by atoms with E-state index in [1.807, 2.05) is 62.4 Å². The Labute approximate surface area is 135 Å². The van der Waals surface area contributed by atoms with Crippen LogP contribution in [0, 0.1) is 13.8 Å². The van der Waals surface area contributed by atoms with Gasteiger partial charge in [0.2, 0.25) is 11.7 Å². The first-order valence-corrected chi connectivity index (χ1v) is 7.48. The third-order valence-electron chi connectivity index (χ3n) is 3.73. The zero-order valence-corrected chi connectivity index (χ0v) is 13.2. The highest BCUT2D eigenvalue weighted by molar-refractivity contribution is 5.98. The van der Waals surface area contributed by atoms with Crippen molar-refractivity contribution in [2.24, 2.45) is 0 Å². The summed E-state index contributed by atoms with van der Waals surface area (Å²) in [6.45, 7) is 3.93. The lowest BCUT2D eigenvalue weighted by Crippen LogP contribution is -2.13. The van der Waals surface area contributed by atoms with Gasteiger partial charge in [-0.15, -0.1) is 0 Å². The number of para-hydroxylation sites is 1. The second kappa shape index (κ2) is 6.48. The van der Waals surface area contributed by atoms with E-state index in [-0.39, 0.29) is 12.4 Å². The first kappa shape index (κ1) is 15.0. The third-order valence-corrected chi connectivity index (χ3v) is 3.73. The van der Waals surface area contributed by atoms with Gasteiger partial charge < -0.3 is 9.30 Å². The van der Waals surface area contributed by atoms with Crippen LogP contribution in [0.3, 0.4) is 0 Å². The van der Waals surface area contributed by atoms with Crippen molar-refractivity contribution in [2.45, 2.75) is 13.8 Å². The summed E-state index contributed by atoms with van der Waals surface area (Å²) in [5.74, 6) is 0.406. The molecule has 0 fully saturated rings. The van der Waals surface area contributed by atoms with Crippen molar-refractivity contribution in [2.75, 3.05) is 6.61 Å². The minimum Gasteiger partial charge on any atom is -0.469 e. The number of benzene rings is 1. The molecule has 0 aliphatic heterocycles. The maximum absolute atomic E-state index is 12.5. The number of ether oxygens (including phenoxy) is 1. The number of carbonyl (C=O) groups excluding carboxylic acids is 1. The van der Waals surface area contributed by atoms with Crippen LogP contribution in [0.2, 0.25) is 0 Å². The number of hydrogen-bond acceptors (Lipinski definition) is 3. The molecule has 4 heteroatoms. The van der Waals surface area contributed by atoms with Gasteiger partial charge in [0.25, 0.3) is 0 Å². The predicted molar refractivity (Wildman–Crippen MR) is 89.3 cm³/mol. The second-order valence-corrected chi connectivity index (χ2v) is 5.34. The number of aromatic nitrogens is 2. The van der Waals surface area contributed by atoms with Crippen molar-refractivity contribution < 1.29 is 9.53 Å². The molecule has 2 aromatic heterocycles. The summed E-state index contributed by atoms with van der Waals surface area (Å²) < 4.78 is 7.54. The Morgan fingerprint density at radius 2 is 1.83 bits per heavy atom. The Kier molecular flexibility index (Phi) is 4.24. The number of hydrogen-bond donors (Lipinski definition) is 0. The summed E-state index contributed by atoms with van der Waals surface area (Å²) in [6.07, 6.45) is 1.64. The minimum atomic E-state index is -0.0501. The number of rotatable bonds is 5. The van der Waals surface area contributed by atoms with E-state index in [4.69, 9.17) is 4.74 Å². The Balaban J connectivity index is 1.82. The molecule has 0 spiro atoms. The standard InChI is InChI=1S/C19H18N2O2/c1-14-12-17(15(2)21(14)16-8-4-3-5-9-16)18(22)13-23-19-10-6-7-11-20-19/h3-12H,13H2,1-2H3. The van der Waals surface area contributed by atoms with Gasteiger partial charge in [-0.3, -0.25) is 4.79 Å². The molecule has 1 aromatic carbocycles. The van der Waals surface area contributed by atoms with E-state index >= 15 is 0 Å². The zero-order valence-electron chi connectivity index (χ0n) is 13.2. The number of nitrogens with zero attached hydrogens (tertiary/aromatic N) is 2. The highest BCUT2D eigenvalue weighted by atomic mass is 16.5. The summed E-state index contributed by atoms with van der Waals surface area (Å²) in [7, 11) is 0. The molecule has 0 bridgehead atoms. The quantitative estimate of drug-likeness (QED) is 0.674. The minimum absolute atomic E-state index is 0.0178. The van der Waals surface area contributed by atoms with E-state index in [1.54, 1.807) is 12.3 Å². The molecule has 0 aliphatic rings. The van der Waals surface area contributed by atoms with Crippen LogP contribution >= 0.6 is 0 Å². The molecule has 0 amide bonds. The van der Waals surface area contributed by atoms with E-state index in [9.17, 15) is 4.79 Å². The van der Waals surface area contributed by atoms with Gasteiger partial charge in [0.15, 0.2) is 6.61 Å². The molecule has 0 radical (unpaired) electrons. The van der Waals surface area contributed by atoms with E-state index < -0.39 is 0 Å². The predicted octanol–water partition coefficient (Wildman–Crippen LogP) is 3.75. The van der Waals surface area contributed by atoms with E-state index in [0.29, 0.717) is 11.4 Å². The summed E-state index contributed by atoms with van der Waals surface area (Å²) in [4.78, 5) is 16.5. The monoisotopic (exact) mass is 306 g/mol. The van der Waals surface area contributed by atoms with Crippen LogP contribution in [-0.2, 0) is 0 Å². The lowest BCUT2D eigenvalue weighted by molar-refractivity contribution is 0.0917. The van der Waals surface area contributed by atoms with Crippen LogP contribution in [0.4, 0.5) is 0 Å². The van der Waals surface area contributed by atoms with Gasteiger partial charge in [0, 0.05) is 34.9 Å². The van der Waals surface area contributed by atoms with Gasteiger partial charge in [-0.25, -0.2) is 4.98 Å². The number of aryl methyl sites for hydroxylation is 1. The Morgan fingerprint density at radius 1 is 1.09 bits per heavy atom. The van der Waals surface area contributed by atoms with Crippen LogP contribution in [0.1, 0.15) is 21.7 Å². The van der Waals surface area contributed by atoms with Crippen molar-refractivity contribution in [3.8, 4) is 11.6 Å². The molecule has 0 atom stereocenters. The molecule has 4 nitrogen and oxygen atoms in total. The van der Waals surface area contributed by atoms with Crippen LogP contribution in [-0.4, -0.2) is 21.9 Å². The fourth-order valence-electron chi connectivity index (χ4n) is 2.67. The molecule has 0 N–H and O–H groups in total. The van der Waals surface area contributed by atoms with Crippen molar-refractivity contribution in [1.29, 1.82) is 0 Å². The molecule has 0 aliphatic carbocycles. The topological polar surface area (TPSA) is 44.1 Å². The summed E-state index contributed by atoms with van der Waals surface area (Å²) in [5.41, 5.74) is 3.67. The van der Waals surface area contributed by atoms with Gasteiger partial charge in [0.1, 0.15) is 0 Å². The van der Waals surface area contributed by atoms with E-state index in [1.165, 1.54) is 0 Å². The molecule has 2 heterocycles. The van der Waals surface area contributed by atoms with Gasteiger partial charge >= 0.3 is 0 Å². The molecular formula is C19H18N2O2. The average Bonchev–Trinajstić information content (AvgIpc) is 2.89. The SMILES string of the molecule is Cc1cc(C(=O)COc2ccccn2)c(C)n1-c1ccccc1. The summed E-state index contributed by atoms with van der Waals surface area (Å²) in [5, 5.41) is 0. The number of carbonyl (C=O) groups is 1. The molecule has 23 heavy (non-hydrogen) atoms. The molecule has 3 aromatic rings. The summed E-state index contributed by atoms with van der Waals surface area (Å²) in [6, 6.07) is 17.3. The highest BCUT2D eigenvalue weighted by Crippen LogP contribution is 2.21. The first-order chi connectivity index (χ1) is 11.2. The average molecular weight is 306 g/mol. The van der Waals surface area contributed by atoms with Crippen LogP contribution in [0.25, 0.3) is 5.69 Å². The van der Waals surface area contributed by atoms with Crippen LogP contribution < -0.4 is 4.74 Å². The van der Waals surface area contributed by atoms with Crippen molar-refractivity contribution in [3.63, 3.8) is 0 Å². The van der Waals surface area contributed by atoms with Crippen LogP contribution in [0.5, 0.6) is 5.88 Å². The first-order valence-electron chi connectivity index (χ1n) is 7.48. The van der Waals surface area contributed by atoms with Gasteiger partial charge in [-0.1, -0.05) is 24.3 Å². The number of Topliss-reactive ketones (excluding diaryl/α,β-unsaturated/α-hetero) is 1. The Bertz CT molecular complexity index is 808. The van der Waals surface area contributed by atoms with E-state index in [2.05, 4.69) is 9.55 Å². The fraction of sp³-hybridized carbons (Fsp3) is 0.158. The second-order valence-electron chi connectivity index (χ2n) is 5.34. The van der Waals surface area contributed by atoms with E-state index in [0.717, 1.165) is 17.1 Å². The molecular weight excluding hydrogens is 288 g/mol. The molecule has 3 rings (SSSR count). The number of ketones is 1. The lowest BCUT2D eigenvalue weighted by Gasteiger charge is -2.09. The maximum Gasteiger partial charge on any atom is 0.213 e. The van der Waals surface area contributed by atoms with Crippen LogP contribution in [0.15, 0.2) is 60.8 Å². The normalized spacial score (nSPS) is 10.5. The van der Waals surface area contributed by atoms with Gasteiger partial charge in [0.05, 0.1) is 0 Å². The van der Waals surface area contributed by atoms with Gasteiger partial charge in [-0.2, -0.15) is 0 Å². The molecule has 0 unspecified atom stereocenters. The fourth-order valence-corrected chi connectivity index (χ4v) is 2.67. The summed E-state index contributed by atoms with van der Waals surface area (Å²) >= 11 is 0. The zero-order chi connectivity index (χ0) is 16.2. The highest BCUT2D eigenvalue weighted by Gasteiger charge is 2.17. The lowest BCUT2D eigenvalue weighted by atomic mass is 10.1. The Hall–Kier alpha value is -2.88. The maximum atomic E-state index is 12.5. The molecule has 116 valence electrons. The van der Waals surface area contributed by atoms with Crippen molar-refractivity contribution >= 4 is 5.78 Å². The largest absolute Gasteiger partial charge is 0.469 e. The van der Waals surface area contributed by atoms with Crippen molar-refractivity contribution in [1.82, 2.24) is 9.55 Å². The Morgan fingerprint density at radius 3 is 2.52 bits per heavy atom. The van der Waals surface area contributed by atoms with Gasteiger partial charge in [-0.05, 0) is 38.1 Å². The molecule has 0 saturated carbocycles. The molecule has 0 saturated heterocycles. The third kappa shape index (κ3) is 3.16. The number of pyridine rings is 1.